The molecule has 1 amide bonds. The van der Waals surface area contributed by atoms with Gasteiger partial charge in [0.2, 0.25) is 0 Å². The zero-order valence-electron chi connectivity index (χ0n) is 14.8. The maximum Gasteiger partial charge on any atom is 0.260 e. The number of pyridine rings is 1. The van der Waals surface area contributed by atoms with Gasteiger partial charge in [-0.25, -0.2) is 4.39 Å². The van der Waals surface area contributed by atoms with Gasteiger partial charge >= 0.3 is 0 Å². The minimum Gasteiger partial charge on any atom is -0.372 e. The molecular formula is C19H22FN3O3. The number of nitrogens with zero attached hydrogens (tertiary/aromatic N) is 1. The molecule has 2 aromatic rings. The van der Waals surface area contributed by atoms with Crippen LogP contribution in [-0.2, 0) is 11.3 Å². The molecule has 0 bridgehead atoms. The number of amides is 1. The molecule has 1 fully saturated rings. The van der Waals surface area contributed by atoms with E-state index in [2.05, 4.69) is 10.3 Å². The molecule has 26 heavy (non-hydrogen) atoms. The fourth-order valence-electron chi connectivity index (χ4n) is 3.17. The summed E-state index contributed by atoms with van der Waals surface area (Å²) in [4.78, 5) is 28.1. The van der Waals surface area contributed by atoms with Gasteiger partial charge in [0.15, 0.2) is 0 Å². The molecule has 1 aromatic heterocycles. The van der Waals surface area contributed by atoms with Gasteiger partial charge in [-0.05, 0) is 43.7 Å². The fraction of sp³-hybridized carbons (Fsp3) is 0.368. The maximum atomic E-state index is 14.6. The molecule has 1 aliphatic rings. The van der Waals surface area contributed by atoms with Crippen LogP contribution in [0.4, 0.5) is 10.1 Å². The zero-order chi connectivity index (χ0) is 18.7. The first kappa shape index (κ1) is 18.1. The summed E-state index contributed by atoms with van der Waals surface area (Å²) in [5, 5.41) is 2.64. The molecule has 0 spiro atoms. The number of halogens is 1. The molecule has 0 saturated carbocycles. The van der Waals surface area contributed by atoms with Gasteiger partial charge in [0, 0.05) is 25.8 Å². The number of rotatable bonds is 4. The number of anilines is 1. The molecule has 1 aromatic carbocycles. The second-order valence-corrected chi connectivity index (χ2v) is 6.54. The highest BCUT2D eigenvalue weighted by atomic mass is 19.1. The average molecular weight is 359 g/mol. The van der Waals surface area contributed by atoms with E-state index in [0.29, 0.717) is 24.3 Å². The highest BCUT2D eigenvalue weighted by molar-refractivity contribution is 5.93. The van der Waals surface area contributed by atoms with Gasteiger partial charge in [-0.3, -0.25) is 9.59 Å². The highest BCUT2D eigenvalue weighted by Gasteiger charge is 2.24. The molecule has 1 saturated heterocycles. The number of H-pyrrole nitrogens is 1. The molecule has 0 radical (unpaired) electrons. The third kappa shape index (κ3) is 4.11. The Hall–Kier alpha value is -2.67. The van der Waals surface area contributed by atoms with Gasteiger partial charge in [0.05, 0.1) is 17.9 Å². The smallest absolute Gasteiger partial charge is 0.260 e. The Kier molecular flexibility index (Phi) is 5.37. The van der Waals surface area contributed by atoms with Gasteiger partial charge in [-0.15, -0.1) is 0 Å². The van der Waals surface area contributed by atoms with Crippen LogP contribution in [0.3, 0.4) is 0 Å². The number of hydrogen-bond donors (Lipinski definition) is 2. The Bertz CT molecular complexity index is 842. The van der Waals surface area contributed by atoms with Crippen LogP contribution < -0.4 is 15.8 Å². The molecule has 6 nitrogen and oxygen atoms in total. The average Bonchev–Trinajstić information content (AvgIpc) is 2.59. The number of aromatic nitrogens is 1. The monoisotopic (exact) mass is 359 g/mol. The predicted octanol–water partition coefficient (Wildman–Crippen LogP) is 2.06. The Balaban J connectivity index is 1.67. The van der Waals surface area contributed by atoms with Crippen molar-refractivity contribution in [2.24, 2.45) is 0 Å². The third-order valence-corrected chi connectivity index (χ3v) is 4.29. The number of nitrogens with one attached hydrogen (secondary N) is 2. The van der Waals surface area contributed by atoms with Crippen LogP contribution >= 0.6 is 0 Å². The molecule has 2 unspecified atom stereocenters. The van der Waals surface area contributed by atoms with Gasteiger partial charge in [0.1, 0.15) is 11.4 Å². The van der Waals surface area contributed by atoms with E-state index < -0.39 is 11.5 Å². The first-order valence-electron chi connectivity index (χ1n) is 8.59. The third-order valence-electron chi connectivity index (χ3n) is 4.29. The molecule has 2 heterocycles. The lowest BCUT2D eigenvalue weighted by Crippen LogP contribution is -2.45. The van der Waals surface area contributed by atoms with E-state index in [1.54, 1.807) is 18.2 Å². The van der Waals surface area contributed by atoms with E-state index in [4.69, 9.17) is 4.74 Å². The Morgan fingerprint density at radius 3 is 2.69 bits per heavy atom. The molecule has 1 aliphatic heterocycles. The van der Waals surface area contributed by atoms with Crippen LogP contribution in [0.2, 0.25) is 0 Å². The topological polar surface area (TPSA) is 74.4 Å². The normalized spacial score (nSPS) is 20.0. The van der Waals surface area contributed by atoms with E-state index in [1.165, 1.54) is 18.3 Å². The first-order chi connectivity index (χ1) is 12.4. The summed E-state index contributed by atoms with van der Waals surface area (Å²) in [6, 6.07) is 7.93. The number of aromatic amines is 1. The van der Waals surface area contributed by atoms with Crippen molar-refractivity contribution in [1.29, 1.82) is 0 Å². The van der Waals surface area contributed by atoms with E-state index >= 15 is 0 Å². The number of benzene rings is 1. The van der Waals surface area contributed by atoms with Crippen molar-refractivity contribution in [2.45, 2.75) is 32.6 Å². The summed E-state index contributed by atoms with van der Waals surface area (Å²) >= 11 is 0. The van der Waals surface area contributed by atoms with Gasteiger partial charge < -0.3 is 19.9 Å². The highest BCUT2D eigenvalue weighted by Crippen LogP contribution is 2.24. The second-order valence-electron chi connectivity index (χ2n) is 6.54. The molecule has 7 heteroatoms. The molecule has 2 atom stereocenters. The number of hydrogen-bond acceptors (Lipinski definition) is 4. The lowest BCUT2D eigenvalue weighted by atomic mass is 10.1. The summed E-state index contributed by atoms with van der Waals surface area (Å²) in [5.41, 5.74) is 0.728. The van der Waals surface area contributed by atoms with Crippen LogP contribution in [-0.4, -0.2) is 36.2 Å². The SMILES string of the molecule is CC1CN(c2ccc(CNC(=O)c3ccc[nH]c3=O)cc2F)CC(C)O1. The van der Waals surface area contributed by atoms with Gasteiger partial charge in [-0.2, -0.15) is 0 Å². The van der Waals surface area contributed by atoms with Crippen molar-refractivity contribution in [3.8, 4) is 0 Å². The first-order valence-corrected chi connectivity index (χ1v) is 8.59. The molecule has 3 rings (SSSR count). The summed E-state index contributed by atoms with van der Waals surface area (Å²) < 4.78 is 20.2. The maximum absolute atomic E-state index is 14.6. The van der Waals surface area contributed by atoms with Crippen molar-refractivity contribution < 1.29 is 13.9 Å². The number of carbonyl (C=O) groups is 1. The minimum atomic E-state index is -0.493. The van der Waals surface area contributed by atoms with Gasteiger partial charge in [-0.1, -0.05) is 6.07 Å². The Morgan fingerprint density at radius 2 is 2.04 bits per heavy atom. The van der Waals surface area contributed by atoms with E-state index in [0.717, 1.165) is 0 Å². The zero-order valence-corrected chi connectivity index (χ0v) is 14.8. The van der Waals surface area contributed by atoms with Crippen LogP contribution in [0.5, 0.6) is 0 Å². The van der Waals surface area contributed by atoms with Crippen LogP contribution in [0.25, 0.3) is 0 Å². The molecule has 2 N–H and O–H groups in total. The van der Waals surface area contributed by atoms with Crippen LogP contribution in [0.15, 0.2) is 41.3 Å². The van der Waals surface area contributed by atoms with Crippen LogP contribution in [0.1, 0.15) is 29.8 Å². The van der Waals surface area contributed by atoms with E-state index in [9.17, 15) is 14.0 Å². The van der Waals surface area contributed by atoms with E-state index in [-0.39, 0.29) is 30.1 Å². The van der Waals surface area contributed by atoms with Crippen molar-refractivity contribution >= 4 is 11.6 Å². The quantitative estimate of drug-likeness (QED) is 0.876. The summed E-state index contributed by atoms with van der Waals surface area (Å²) in [5.74, 6) is -0.831. The van der Waals surface area contributed by atoms with Crippen molar-refractivity contribution in [1.82, 2.24) is 10.3 Å². The minimum absolute atomic E-state index is 0.0286. The lowest BCUT2D eigenvalue weighted by Gasteiger charge is -2.37. The summed E-state index contributed by atoms with van der Waals surface area (Å²) in [6.45, 7) is 5.34. The lowest BCUT2D eigenvalue weighted by molar-refractivity contribution is -0.00539. The number of morpholine rings is 1. The second kappa shape index (κ2) is 7.70. The number of ether oxygens (including phenoxy) is 1. The summed E-state index contributed by atoms with van der Waals surface area (Å²) in [7, 11) is 0. The Morgan fingerprint density at radius 1 is 1.31 bits per heavy atom. The molecule has 138 valence electrons. The standard InChI is InChI=1S/C19H22FN3O3/c1-12-10-23(11-13(2)26-12)17-6-5-14(8-16(17)20)9-22-19(25)15-4-3-7-21-18(15)24/h3-8,12-13H,9-11H2,1-2H3,(H,21,24)(H,22,25). The predicted molar refractivity (Wildman–Crippen MR) is 96.9 cm³/mol. The Labute approximate surface area is 151 Å². The fourth-order valence-corrected chi connectivity index (χ4v) is 3.17. The van der Waals surface area contributed by atoms with Crippen molar-refractivity contribution in [3.05, 3.63) is 63.8 Å². The number of carbonyl (C=O) groups excluding carboxylic acids is 1. The van der Waals surface area contributed by atoms with Crippen molar-refractivity contribution in [3.63, 3.8) is 0 Å². The molecule has 0 aliphatic carbocycles. The van der Waals surface area contributed by atoms with Crippen molar-refractivity contribution in [2.75, 3.05) is 18.0 Å². The molecular weight excluding hydrogens is 337 g/mol. The van der Waals surface area contributed by atoms with E-state index in [1.807, 2.05) is 18.7 Å². The van der Waals surface area contributed by atoms with Crippen LogP contribution in [0, 0.1) is 5.82 Å². The van der Waals surface area contributed by atoms with Gasteiger partial charge in [0.25, 0.3) is 11.5 Å². The largest absolute Gasteiger partial charge is 0.372 e. The summed E-state index contributed by atoms with van der Waals surface area (Å²) in [6.07, 6.45) is 1.54.